The molecule has 1 heterocycles. The lowest BCUT2D eigenvalue weighted by Crippen LogP contribution is -2.47. The number of nitrogens with one attached hydrogen (secondary N) is 2. The molecule has 1 aromatic rings. The Bertz CT molecular complexity index is 594. The van der Waals surface area contributed by atoms with E-state index in [2.05, 4.69) is 15.5 Å². The molecular weight excluding hydrogens is 326 g/mol. The van der Waals surface area contributed by atoms with Gasteiger partial charge in [0.15, 0.2) is 0 Å². The van der Waals surface area contributed by atoms with Crippen LogP contribution >= 0.6 is 0 Å². The van der Waals surface area contributed by atoms with Crippen molar-refractivity contribution in [2.75, 3.05) is 24.5 Å². The van der Waals surface area contributed by atoms with Gasteiger partial charge in [0.25, 0.3) is 0 Å². The third kappa shape index (κ3) is 5.75. The van der Waals surface area contributed by atoms with Gasteiger partial charge >= 0.3 is 0 Å². The monoisotopic (exact) mass is 357 g/mol. The fourth-order valence-electron chi connectivity index (χ4n) is 4.00. The van der Waals surface area contributed by atoms with E-state index in [4.69, 9.17) is 0 Å². The molecule has 2 aliphatic rings. The standard InChI is InChI=1S/C21H31N3O2/c25-20(8-4-7-17-5-2-1-3-6-17)23-15-18-9-11-19(12-10-18)24-14-13-22-21(26)16-24/h9-12,17H,1-8,13-16H2,(H,22,26)(H,23,25). The Labute approximate surface area is 156 Å². The summed E-state index contributed by atoms with van der Waals surface area (Å²) in [5.74, 6) is 1.07. The van der Waals surface area contributed by atoms with Crippen LogP contribution in [0.2, 0.25) is 0 Å². The molecule has 1 aliphatic heterocycles. The fourth-order valence-corrected chi connectivity index (χ4v) is 4.00. The minimum Gasteiger partial charge on any atom is -0.360 e. The molecule has 0 radical (unpaired) electrons. The molecule has 142 valence electrons. The van der Waals surface area contributed by atoms with E-state index in [9.17, 15) is 9.59 Å². The van der Waals surface area contributed by atoms with Gasteiger partial charge in [-0.3, -0.25) is 9.59 Å². The maximum atomic E-state index is 12.0. The van der Waals surface area contributed by atoms with E-state index in [-0.39, 0.29) is 11.8 Å². The van der Waals surface area contributed by atoms with Crippen LogP contribution in [-0.4, -0.2) is 31.4 Å². The normalized spacial score (nSPS) is 18.5. The molecule has 3 rings (SSSR count). The minimum absolute atomic E-state index is 0.0702. The molecule has 1 saturated heterocycles. The van der Waals surface area contributed by atoms with Crippen LogP contribution in [0, 0.1) is 5.92 Å². The van der Waals surface area contributed by atoms with Crippen molar-refractivity contribution in [1.82, 2.24) is 10.6 Å². The van der Waals surface area contributed by atoms with E-state index in [0.717, 1.165) is 30.1 Å². The second-order valence-electron chi connectivity index (χ2n) is 7.61. The Hall–Kier alpha value is -2.04. The first-order chi connectivity index (χ1) is 12.7. The van der Waals surface area contributed by atoms with Crippen LogP contribution in [0.5, 0.6) is 0 Å². The van der Waals surface area contributed by atoms with E-state index >= 15 is 0 Å². The molecule has 5 heteroatoms. The van der Waals surface area contributed by atoms with Crippen molar-refractivity contribution in [2.45, 2.75) is 57.9 Å². The van der Waals surface area contributed by atoms with E-state index in [1.54, 1.807) is 0 Å². The molecule has 0 bridgehead atoms. The van der Waals surface area contributed by atoms with E-state index in [1.807, 2.05) is 24.3 Å². The predicted octanol–water partition coefficient (Wildman–Crippen LogP) is 2.99. The average Bonchev–Trinajstić information content (AvgIpc) is 2.68. The van der Waals surface area contributed by atoms with Gasteiger partial charge in [0, 0.05) is 31.7 Å². The first kappa shape index (κ1) is 18.7. The molecule has 0 aromatic heterocycles. The van der Waals surface area contributed by atoms with Crippen LogP contribution in [0.3, 0.4) is 0 Å². The smallest absolute Gasteiger partial charge is 0.239 e. The molecule has 2 fully saturated rings. The van der Waals surface area contributed by atoms with Crippen molar-refractivity contribution in [2.24, 2.45) is 5.92 Å². The summed E-state index contributed by atoms with van der Waals surface area (Å²) in [4.78, 5) is 25.6. The molecule has 1 saturated carbocycles. The Morgan fingerprint density at radius 3 is 2.65 bits per heavy atom. The summed E-state index contributed by atoms with van der Waals surface area (Å²) in [6.45, 7) is 2.51. The van der Waals surface area contributed by atoms with Crippen molar-refractivity contribution < 1.29 is 9.59 Å². The third-order valence-electron chi connectivity index (χ3n) is 5.57. The van der Waals surface area contributed by atoms with Crippen LogP contribution < -0.4 is 15.5 Å². The highest BCUT2D eigenvalue weighted by Crippen LogP contribution is 2.27. The van der Waals surface area contributed by atoms with Gasteiger partial charge in [-0.1, -0.05) is 44.2 Å². The van der Waals surface area contributed by atoms with E-state index in [0.29, 0.717) is 26.1 Å². The van der Waals surface area contributed by atoms with Gasteiger partial charge in [-0.25, -0.2) is 0 Å². The van der Waals surface area contributed by atoms with Crippen LogP contribution in [0.25, 0.3) is 0 Å². The number of hydrogen-bond donors (Lipinski definition) is 2. The molecule has 0 spiro atoms. The number of carbonyl (C=O) groups is 2. The number of hydrogen-bond acceptors (Lipinski definition) is 3. The second-order valence-corrected chi connectivity index (χ2v) is 7.61. The largest absolute Gasteiger partial charge is 0.360 e. The van der Waals surface area contributed by atoms with Gasteiger partial charge in [-0.15, -0.1) is 0 Å². The molecule has 1 aliphatic carbocycles. The number of nitrogens with zero attached hydrogens (tertiary/aromatic N) is 1. The molecule has 2 amide bonds. The lowest BCUT2D eigenvalue weighted by molar-refractivity contribution is -0.121. The third-order valence-corrected chi connectivity index (χ3v) is 5.57. The predicted molar refractivity (Wildman–Crippen MR) is 104 cm³/mol. The van der Waals surface area contributed by atoms with Crippen LogP contribution in [0.1, 0.15) is 56.9 Å². The molecule has 2 N–H and O–H groups in total. The zero-order valence-electron chi connectivity index (χ0n) is 15.6. The number of anilines is 1. The number of carbonyl (C=O) groups excluding carboxylic acids is 2. The average molecular weight is 357 g/mol. The van der Waals surface area contributed by atoms with Gasteiger partial charge in [0.2, 0.25) is 11.8 Å². The second kappa shape index (κ2) is 9.60. The Morgan fingerprint density at radius 2 is 1.92 bits per heavy atom. The van der Waals surface area contributed by atoms with Crippen LogP contribution in [0.15, 0.2) is 24.3 Å². The van der Waals surface area contributed by atoms with Crippen LogP contribution in [-0.2, 0) is 16.1 Å². The lowest BCUT2D eigenvalue weighted by atomic mass is 9.86. The van der Waals surface area contributed by atoms with Gasteiger partial charge in [-0.2, -0.15) is 0 Å². The van der Waals surface area contributed by atoms with Gasteiger partial charge in [-0.05, 0) is 36.5 Å². The van der Waals surface area contributed by atoms with Gasteiger partial charge in [0.05, 0.1) is 6.54 Å². The Morgan fingerprint density at radius 1 is 1.15 bits per heavy atom. The first-order valence-electron chi connectivity index (χ1n) is 10.1. The van der Waals surface area contributed by atoms with E-state index < -0.39 is 0 Å². The highest BCUT2D eigenvalue weighted by molar-refractivity contribution is 5.82. The number of rotatable bonds is 7. The van der Waals surface area contributed by atoms with E-state index in [1.165, 1.54) is 38.5 Å². The summed E-state index contributed by atoms with van der Waals surface area (Å²) < 4.78 is 0. The van der Waals surface area contributed by atoms with Crippen molar-refractivity contribution in [3.8, 4) is 0 Å². The van der Waals surface area contributed by atoms with Gasteiger partial charge < -0.3 is 15.5 Å². The Balaban J connectivity index is 1.36. The molecular formula is C21H31N3O2. The van der Waals surface area contributed by atoms with Crippen molar-refractivity contribution >= 4 is 17.5 Å². The summed E-state index contributed by atoms with van der Waals surface area (Å²) >= 11 is 0. The van der Waals surface area contributed by atoms with Crippen LogP contribution in [0.4, 0.5) is 5.69 Å². The zero-order chi connectivity index (χ0) is 18.2. The summed E-state index contributed by atoms with van der Waals surface area (Å²) in [6.07, 6.45) is 9.68. The van der Waals surface area contributed by atoms with Gasteiger partial charge in [0.1, 0.15) is 0 Å². The number of benzene rings is 1. The molecule has 0 atom stereocenters. The highest BCUT2D eigenvalue weighted by Gasteiger charge is 2.16. The summed E-state index contributed by atoms with van der Waals surface area (Å²) in [6, 6.07) is 8.13. The summed E-state index contributed by atoms with van der Waals surface area (Å²) in [5, 5.41) is 5.86. The zero-order valence-corrected chi connectivity index (χ0v) is 15.6. The molecule has 0 unspecified atom stereocenters. The topological polar surface area (TPSA) is 61.4 Å². The maximum absolute atomic E-state index is 12.0. The maximum Gasteiger partial charge on any atom is 0.239 e. The molecule has 26 heavy (non-hydrogen) atoms. The lowest BCUT2D eigenvalue weighted by Gasteiger charge is -2.28. The molecule has 1 aromatic carbocycles. The minimum atomic E-state index is 0.0702. The number of piperazine rings is 1. The molecule has 5 nitrogen and oxygen atoms in total. The summed E-state index contributed by atoms with van der Waals surface area (Å²) in [7, 11) is 0. The van der Waals surface area contributed by atoms with Crippen molar-refractivity contribution in [3.05, 3.63) is 29.8 Å². The highest BCUT2D eigenvalue weighted by atomic mass is 16.2. The van der Waals surface area contributed by atoms with Crippen molar-refractivity contribution in [1.29, 1.82) is 0 Å². The fraction of sp³-hybridized carbons (Fsp3) is 0.619. The first-order valence-corrected chi connectivity index (χ1v) is 10.1. The van der Waals surface area contributed by atoms with Crippen molar-refractivity contribution in [3.63, 3.8) is 0 Å². The summed E-state index contributed by atoms with van der Waals surface area (Å²) in [5.41, 5.74) is 2.15. The quantitative estimate of drug-likeness (QED) is 0.789. The SMILES string of the molecule is O=C(CCCC1CCCCC1)NCc1ccc(N2CCNC(=O)C2)cc1. The Kier molecular flexibility index (Phi) is 6.92. The number of amides is 2.